The topological polar surface area (TPSA) is 82.6 Å². The average molecular weight is 336 g/mol. The van der Waals surface area contributed by atoms with Crippen LogP contribution in [0.4, 0.5) is 4.79 Å². The second-order valence-electron chi connectivity index (χ2n) is 5.85. The molecule has 3 rings (SSSR count). The number of aryl methyl sites for hydroxylation is 1. The number of piperidine rings is 1. The van der Waals surface area contributed by atoms with Gasteiger partial charge in [0.05, 0.1) is 17.2 Å². The van der Waals surface area contributed by atoms with Gasteiger partial charge >= 0.3 is 6.03 Å². The predicted octanol–water partition coefficient (Wildman–Crippen LogP) is 0.963. The summed E-state index contributed by atoms with van der Waals surface area (Å²) < 4.78 is 0. The lowest BCUT2D eigenvalue weighted by molar-refractivity contribution is -0.137. The zero-order valence-electron chi connectivity index (χ0n) is 13.1. The maximum absolute atomic E-state index is 12.4. The van der Waals surface area contributed by atoms with E-state index in [9.17, 15) is 14.4 Å². The van der Waals surface area contributed by atoms with E-state index in [1.54, 1.807) is 16.2 Å². The van der Waals surface area contributed by atoms with E-state index in [0.29, 0.717) is 13.1 Å². The van der Waals surface area contributed by atoms with Gasteiger partial charge in [-0.15, -0.1) is 11.3 Å². The summed E-state index contributed by atoms with van der Waals surface area (Å²) in [6.07, 6.45) is 2.85. The van der Waals surface area contributed by atoms with E-state index in [2.05, 4.69) is 22.6 Å². The molecule has 1 aromatic heterocycles. The molecular weight excluding hydrogens is 316 g/mol. The van der Waals surface area contributed by atoms with Crippen molar-refractivity contribution >= 4 is 29.2 Å². The number of nitrogens with zero attached hydrogens (tertiary/aromatic N) is 3. The Morgan fingerprint density at radius 1 is 1.48 bits per heavy atom. The van der Waals surface area contributed by atoms with Crippen molar-refractivity contribution in [2.75, 3.05) is 26.2 Å². The molecule has 1 atom stereocenters. The molecule has 7 nitrogen and oxygen atoms in total. The third-order valence-corrected chi connectivity index (χ3v) is 5.34. The van der Waals surface area contributed by atoms with E-state index in [0.717, 1.165) is 34.9 Å². The van der Waals surface area contributed by atoms with Crippen LogP contribution in [-0.2, 0) is 16.0 Å². The number of rotatable bonds is 4. The minimum Gasteiger partial charge on any atom is -0.340 e. The van der Waals surface area contributed by atoms with Gasteiger partial charge in [-0.1, -0.05) is 6.92 Å². The van der Waals surface area contributed by atoms with E-state index in [1.165, 1.54) is 0 Å². The fourth-order valence-electron chi connectivity index (χ4n) is 2.93. The zero-order valence-corrected chi connectivity index (χ0v) is 13.9. The number of urea groups is 1. The number of likely N-dealkylation sites (tertiary alicyclic amines) is 1. The second-order valence-corrected chi connectivity index (χ2v) is 6.74. The summed E-state index contributed by atoms with van der Waals surface area (Å²) in [7, 11) is 0. The molecule has 1 aromatic rings. The summed E-state index contributed by atoms with van der Waals surface area (Å²) in [5.74, 6) is -0.266. The number of carbonyl (C=O) groups excluding carboxylic acids is 3. The molecule has 0 spiro atoms. The lowest BCUT2D eigenvalue weighted by Gasteiger charge is -2.32. The van der Waals surface area contributed by atoms with Gasteiger partial charge in [0.25, 0.3) is 5.91 Å². The molecule has 23 heavy (non-hydrogen) atoms. The van der Waals surface area contributed by atoms with Crippen LogP contribution in [0.2, 0.25) is 0 Å². The molecule has 0 unspecified atom stereocenters. The van der Waals surface area contributed by atoms with Crippen molar-refractivity contribution in [3.8, 4) is 0 Å². The number of aromatic nitrogens is 1. The van der Waals surface area contributed by atoms with E-state index >= 15 is 0 Å². The number of nitrogens with one attached hydrogen (secondary N) is 1. The normalized spacial score (nSPS) is 21.7. The third kappa shape index (κ3) is 3.36. The highest BCUT2D eigenvalue weighted by Crippen LogP contribution is 2.29. The van der Waals surface area contributed by atoms with Crippen LogP contribution in [0.3, 0.4) is 0 Å². The number of amides is 4. The first-order valence-electron chi connectivity index (χ1n) is 7.88. The first kappa shape index (κ1) is 15.9. The van der Waals surface area contributed by atoms with Crippen LogP contribution in [0, 0.1) is 0 Å². The molecule has 8 heteroatoms. The molecule has 1 N–H and O–H groups in total. The minimum absolute atomic E-state index is 0.0202. The lowest BCUT2D eigenvalue weighted by atomic mass is 9.98. The van der Waals surface area contributed by atoms with Crippen molar-refractivity contribution in [3.63, 3.8) is 0 Å². The van der Waals surface area contributed by atoms with Crippen molar-refractivity contribution in [3.05, 3.63) is 16.1 Å². The number of carbonyl (C=O) groups is 3. The molecule has 0 bridgehead atoms. The fourth-order valence-corrected chi connectivity index (χ4v) is 3.96. The highest BCUT2D eigenvalue weighted by Gasteiger charge is 2.33. The van der Waals surface area contributed by atoms with E-state index in [4.69, 9.17) is 0 Å². The lowest BCUT2D eigenvalue weighted by Crippen LogP contribution is -2.46. The van der Waals surface area contributed by atoms with Crippen molar-refractivity contribution in [2.24, 2.45) is 0 Å². The maximum atomic E-state index is 12.4. The van der Waals surface area contributed by atoms with E-state index < -0.39 is 6.03 Å². The zero-order chi connectivity index (χ0) is 16.4. The largest absolute Gasteiger partial charge is 0.340 e. The molecule has 4 amide bonds. The molecule has 2 fully saturated rings. The quantitative estimate of drug-likeness (QED) is 0.831. The van der Waals surface area contributed by atoms with Crippen LogP contribution >= 0.6 is 11.3 Å². The number of hydrogen-bond acceptors (Lipinski definition) is 5. The molecule has 3 heterocycles. The smallest absolute Gasteiger partial charge is 0.325 e. The van der Waals surface area contributed by atoms with Crippen LogP contribution in [0.5, 0.6) is 0 Å². The predicted molar refractivity (Wildman–Crippen MR) is 85.2 cm³/mol. The molecule has 0 radical (unpaired) electrons. The van der Waals surface area contributed by atoms with Gasteiger partial charge in [-0.05, 0) is 19.3 Å². The average Bonchev–Trinajstić information content (AvgIpc) is 3.17. The fraction of sp³-hybridized carbons (Fsp3) is 0.600. The molecule has 124 valence electrons. The van der Waals surface area contributed by atoms with Crippen LogP contribution in [0.25, 0.3) is 0 Å². The van der Waals surface area contributed by atoms with Crippen molar-refractivity contribution in [1.82, 2.24) is 20.1 Å². The number of hydrogen-bond donors (Lipinski definition) is 1. The first-order chi connectivity index (χ1) is 11.1. The van der Waals surface area contributed by atoms with Gasteiger partial charge in [-0.25, -0.2) is 9.78 Å². The monoisotopic (exact) mass is 336 g/mol. The third-order valence-electron chi connectivity index (χ3n) is 4.29. The van der Waals surface area contributed by atoms with E-state index in [-0.39, 0.29) is 30.8 Å². The van der Waals surface area contributed by atoms with Crippen molar-refractivity contribution < 1.29 is 14.4 Å². The number of thiazole rings is 1. The van der Waals surface area contributed by atoms with E-state index in [1.807, 2.05) is 0 Å². The first-order valence-corrected chi connectivity index (χ1v) is 8.76. The maximum Gasteiger partial charge on any atom is 0.325 e. The molecule has 2 aliphatic rings. The van der Waals surface area contributed by atoms with Gasteiger partial charge in [0.1, 0.15) is 6.54 Å². The highest BCUT2D eigenvalue weighted by atomic mass is 32.1. The summed E-state index contributed by atoms with van der Waals surface area (Å²) in [6.45, 7) is 3.17. The molecule has 2 saturated heterocycles. The Balaban J connectivity index is 1.62. The minimum atomic E-state index is -0.482. The second kappa shape index (κ2) is 6.66. The molecule has 0 aliphatic carbocycles. The summed E-state index contributed by atoms with van der Waals surface area (Å²) in [5, 5.41) is 5.58. The van der Waals surface area contributed by atoms with Gasteiger partial charge in [0.2, 0.25) is 5.91 Å². The Morgan fingerprint density at radius 3 is 2.96 bits per heavy atom. The standard InChI is InChI=1S/C15H20N4O3S/c1-2-11-9-23-14(17-11)10-4-3-5-18(7-10)13(21)8-19-12(20)6-16-15(19)22/h9-10H,2-8H2,1H3,(H,16,22)/t10-/m0/s1. The van der Waals surface area contributed by atoms with Gasteiger partial charge in [-0.3, -0.25) is 14.5 Å². The Bertz CT molecular complexity index is 614. The Kier molecular flexibility index (Phi) is 4.61. The van der Waals surface area contributed by atoms with Gasteiger partial charge in [0.15, 0.2) is 0 Å². The Labute approximate surface area is 138 Å². The van der Waals surface area contributed by atoms with Crippen LogP contribution in [0.15, 0.2) is 5.38 Å². The summed E-state index contributed by atoms with van der Waals surface area (Å²) >= 11 is 1.65. The van der Waals surface area contributed by atoms with Gasteiger partial charge in [-0.2, -0.15) is 0 Å². The summed E-state index contributed by atoms with van der Waals surface area (Å²) in [6, 6.07) is -0.482. The molecule has 0 aromatic carbocycles. The molecule has 0 saturated carbocycles. The van der Waals surface area contributed by atoms with Gasteiger partial charge in [0, 0.05) is 24.4 Å². The van der Waals surface area contributed by atoms with Crippen LogP contribution in [-0.4, -0.2) is 58.8 Å². The SMILES string of the molecule is CCc1csc([C@H]2CCCN(C(=O)CN3C(=O)CNC3=O)C2)n1. The van der Waals surface area contributed by atoms with Crippen LogP contribution < -0.4 is 5.32 Å². The van der Waals surface area contributed by atoms with Crippen molar-refractivity contribution in [2.45, 2.75) is 32.1 Å². The Morgan fingerprint density at radius 2 is 2.30 bits per heavy atom. The van der Waals surface area contributed by atoms with Crippen LogP contribution in [0.1, 0.15) is 36.4 Å². The number of imide groups is 1. The Hall–Kier alpha value is -1.96. The summed E-state index contributed by atoms with van der Waals surface area (Å²) in [5.41, 5.74) is 1.09. The summed E-state index contributed by atoms with van der Waals surface area (Å²) in [4.78, 5) is 42.9. The van der Waals surface area contributed by atoms with Gasteiger partial charge < -0.3 is 10.2 Å². The molecule has 2 aliphatic heterocycles. The molecular formula is C15H20N4O3S. The highest BCUT2D eigenvalue weighted by molar-refractivity contribution is 7.09. The van der Waals surface area contributed by atoms with Crippen molar-refractivity contribution in [1.29, 1.82) is 0 Å².